The van der Waals surface area contributed by atoms with Gasteiger partial charge in [-0.3, -0.25) is 0 Å². The monoisotopic (exact) mass is 289 g/mol. The molecule has 0 aliphatic carbocycles. The van der Waals surface area contributed by atoms with E-state index in [0.717, 1.165) is 12.8 Å². The molecule has 3 nitrogen and oxygen atoms in total. The third-order valence-corrected chi connectivity index (χ3v) is 3.00. The van der Waals surface area contributed by atoms with Gasteiger partial charge in [-0.25, -0.2) is 4.79 Å². The third kappa shape index (κ3) is 4.39. The Kier molecular flexibility index (Phi) is 5.76. The second-order valence-electron chi connectivity index (χ2n) is 4.52. The van der Waals surface area contributed by atoms with Crippen LogP contribution in [0, 0.1) is 5.92 Å². The van der Waals surface area contributed by atoms with Gasteiger partial charge in [0.25, 0.3) is 0 Å². The highest BCUT2D eigenvalue weighted by atomic mass is 35.5. The number of rotatable bonds is 5. The van der Waals surface area contributed by atoms with Crippen LogP contribution in [-0.4, -0.2) is 12.6 Å². The summed E-state index contributed by atoms with van der Waals surface area (Å²) < 4.78 is 5.13. The standard InChI is InChI=1S/C13H17Cl2NO2/c1-8(2)4-3-5-18-13(17)10-6-9(14)7-11(15)12(10)16/h6-8H,3-5,16H2,1-2H3. The number of anilines is 1. The molecule has 100 valence electrons. The van der Waals surface area contributed by atoms with Crippen molar-refractivity contribution in [1.29, 1.82) is 0 Å². The molecule has 1 aromatic carbocycles. The second-order valence-corrected chi connectivity index (χ2v) is 5.36. The van der Waals surface area contributed by atoms with Crippen molar-refractivity contribution in [1.82, 2.24) is 0 Å². The number of hydrogen-bond donors (Lipinski definition) is 1. The van der Waals surface area contributed by atoms with E-state index in [1.807, 2.05) is 0 Å². The van der Waals surface area contributed by atoms with Crippen LogP contribution in [0.15, 0.2) is 12.1 Å². The Balaban J connectivity index is 2.62. The topological polar surface area (TPSA) is 52.3 Å². The molecule has 0 unspecified atom stereocenters. The van der Waals surface area contributed by atoms with E-state index in [2.05, 4.69) is 13.8 Å². The Morgan fingerprint density at radius 1 is 1.39 bits per heavy atom. The van der Waals surface area contributed by atoms with Crippen LogP contribution in [0.25, 0.3) is 0 Å². The molecule has 0 aromatic heterocycles. The Morgan fingerprint density at radius 2 is 2.06 bits per heavy atom. The molecule has 2 N–H and O–H groups in total. The van der Waals surface area contributed by atoms with E-state index >= 15 is 0 Å². The number of hydrogen-bond acceptors (Lipinski definition) is 3. The van der Waals surface area contributed by atoms with Gasteiger partial charge in [0.1, 0.15) is 0 Å². The molecule has 0 amide bonds. The van der Waals surface area contributed by atoms with E-state index in [1.54, 1.807) is 0 Å². The Hall–Kier alpha value is -0.930. The first-order valence-corrected chi connectivity index (χ1v) is 6.59. The normalized spacial score (nSPS) is 10.7. The smallest absolute Gasteiger partial charge is 0.340 e. The molecule has 0 heterocycles. The minimum Gasteiger partial charge on any atom is -0.462 e. The fourth-order valence-electron chi connectivity index (χ4n) is 1.49. The molecule has 0 saturated heterocycles. The minimum atomic E-state index is -0.486. The summed E-state index contributed by atoms with van der Waals surface area (Å²) in [5.74, 6) is 0.107. The zero-order valence-corrected chi connectivity index (χ0v) is 12.0. The molecule has 1 aromatic rings. The number of benzene rings is 1. The molecule has 0 aliphatic rings. The molecular weight excluding hydrogens is 273 g/mol. The van der Waals surface area contributed by atoms with Crippen LogP contribution in [0.5, 0.6) is 0 Å². The van der Waals surface area contributed by atoms with Crippen LogP contribution in [0.1, 0.15) is 37.0 Å². The summed E-state index contributed by atoms with van der Waals surface area (Å²) in [7, 11) is 0. The molecule has 5 heteroatoms. The maximum Gasteiger partial charge on any atom is 0.340 e. The lowest BCUT2D eigenvalue weighted by Crippen LogP contribution is -2.10. The van der Waals surface area contributed by atoms with Gasteiger partial charge in [0.15, 0.2) is 0 Å². The number of esters is 1. The average Bonchev–Trinajstić information content (AvgIpc) is 2.28. The zero-order chi connectivity index (χ0) is 13.7. The van der Waals surface area contributed by atoms with Gasteiger partial charge < -0.3 is 10.5 Å². The van der Waals surface area contributed by atoms with Crippen molar-refractivity contribution < 1.29 is 9.53 Å². The zero-order valence-electron chi connectivity index (χ0n) is 10.5. The first kappa shape index (κ1) is 15.1. The van der Waals surface area contributed by atoms with Crippen molar-refractivity contribution in [2.45, 2.75) is 26.7 Å². The second kappa shape index (κ2) is 6.86. The van der Waals surface area contributed by atoms with E-state index in [4.69, 9.17) is 33.7 Å². The predicted molar refractivity (Wildman–Crippen MR) is 75.2 cm³/mol. The van der Waals surface area contributed by atoms with Crippen molar-refractivity contribution in [3.8, 4) is 0 Å². The van der Waals surface area contributed by atoms with Gasteiger partial charge in [-0.2, -0.15) is 0 Å². The van der Waals surface area contributed by atoms with Gasteiger partial charge in [-0.05, 0) is 30.9 Å². The van der Waals surface area contributed by atoms with Crippen LogP contribution >= 0.6 is 23.2 Å². The lowest BCUT2D eigenvalue weighted by atomic mass is 10.1. The van der Waals surface area contributed by atoms with Crippen LogP contribution in [0.2, 0.25) is 10.0 Å². The van der Waals surface area contributed by atoms with E-state index in [1.165, 1.54) is 12.1 Å². The summed E-state index contributed by atoms with van der Waals surface area (Å²) in [5, 5.41) is 0.625. The fourth-order valence-corrected chi connectivity index (χ4v) is 1.98. The fraction of sp³-hybridized carbons (Fsp3) is 0.462. The Labute approximate surface area is 117 Å². The van der Waals surface area contributed by atoms with E-state index in [0.29, 0.717) is 17.5 Å². The number of halogens is 2. The highest BCUT2D eigenvalue weighted by molar-refractivity contribution is 6.37. The summed E-state index contributed by atoms with van der Waals surface area (Å²) in [6.45, 7) is 4.62. The number of carbonyl (C=O) groups excluding carboxylic acids is 1. The number of nitrogens with two attached hydrogens (primary N) is 1. The molecule has 18 heavy (non-hydrogen) atoms. The molecule has 0 aliphatic heterocycles. The van der Waals surface area contributed by atoms with E-state index < -0.39 is 5.97 Å². The Bertz CT molecular complexity index is 433. The highest BCUT2D eigenvalue weighted by Gasteiger charge is 2.14. The molecule has 0 atom stereocenters. The first-order chi connectivity index (χ1) is 8.41. The van der Waals surface area contributed by atoms with Gasteiger partial charge in [-0.15, -0.1) is 0 Å². The quantitative estimate of drug-likeness (QED) is 0.503. The van der Waals surface area contributed by atoms with Crippen molar-refractivity contribution in [3.63, 3.8) is 0 Å². The van der Waals surface area contributed by atoms with Gasteiger partial charge in [0.2, 0.25) is 0 Å². The molecule has 0 fully saturated rings. The van der Waals surface area contributed by atoms with Crippen molar-refractivity contribution in [2.24, 2.45) is 5.92 Å². The van der Waals surface area contributed by atoms with Crippen molar-refractivity contribution in [2.75, 3.05) is 12.3 Å². The minimum absolute atomic E-state index is 0.204. The van der Waals surface area contributed by atoms with Gasteiger partial charge in [0.05, 0.1) is 22.9 Å². The van der Waals surface area contributed by atoms with Gasteiger partial charge in [-0.1, -0.05) is 37.0 Å². The Morgan fingerprint density at radius 3 is 2.67 bits per heavy atom. The molecule has 1 rings (SSSR count). The highest BCUT2D eigenvalue weighted by Crippen LogP contribution is 2.28. The number of ether oxygens (including phenoxy) is 1. The van der Waals surface area contributed by atoms with Crippen LogP contribution < -0.4 is 5.73 Å². The summed E-state index contributed by atoms with van der Waals surface area (Å²) in [6.07, 6.45) is 1.84. The third-order valence-electron chi connectivity index (χ3n) is 2.47. The summed E-state index contributed by atoms with van der Waals surface area (Å²) in [4.78, 5) is 11.8. The van der Waals surface area contributed by atoms with Crippen LogP contribution in [0.3, 0.4) is 0 Å². The summed E-state index contributed by atoms with van der Waals surface area (Å²) in [5.41, 5.74) is 6.14. The van der Waals surface area contributed by atoms with Crippen molar-refractivity contribution >= 4 is 34.9 Å². The summed E-state index contributed by atoms with van der Waals surface area (Å²) >= 11 is 11.7. The molecule has 0 saturated carbocycles. The molecule has 0 bridgehead atoms. The van der Waals surface area contributed by atoms with E-state index in [-0.39, 0.29) is 16.3 Å². The van der Waals surface area contributed by atoms with Crippen LogP contribution in [-0.2, 0) is 4.74 Å². The van der Waals surface area contributed by atoms with Crippen LogP contribution in [0.4, 0.5) is 5.69 Å². The largest absolute Gasteiger partial charge is 0.462 e. The predicted octanol–water partition coefficient (Wildman–Crippen LogP) is 4.17. The SMILES string of the molecule is CC(C)CCCOC(=O)c1cc(Cl)cc(Cl)c1N. The van der Waals surface area contributed by atoms with Crippen molar-refractivity contribution in [3.05, 3.63) is 27.7 Å². The molecular formula is C13H17Cl2NO2. The molecule has 0 radical (unpaired) electrons. The number of carbonyl (C=O) groups is 1. The first-order valence-electron chi connectivity index (χ1n) is 5.83. The molecule has 0 spiro atoms. The lowest BCUT2D eigenvalue weighted by molar-refractivity contribution is 0.0496. The van der Waals surface area contributed by atoms with E-state index in [9.17, 15) is 4.79 Å². The van der Waals surface area contributed by atoms with Gasteiger partial charge in [0, 0.05) is 5.02 Å². The summed E-state index contributed by atoms with van der Waals surface area (Å²) in [6, 6.07) is 2.96. The maximum absolute atomic E-state index is 11.8. The average molecular weight is 290 g/mol. The van der Waals surface area contributed by atoms with Gasteiger partial charge >= 0.3 is 5.97 Å². The maximum atomic E-state index is 11.8. The number of nitrogen functional groups attached to an aromatic ring is 1. The lowest BCUT2D eigenvalue weighted by Gasteiger charge is -2.09.